The van der Waals surface area contributed by atoms with Crippen molar-refractivity contribution in [2.24, 2.45) is 0 Å². The number of benzene rings is 1. The highest BCUT2D eigenvalue weighted by Crippen LogP contribution is 2.24. The molecule has 0 unspecified atom stereocenters. The Morgan fingerprint density at radius 2 is 1.50 bits per heavy atom. The van der Waals surface area contributed by atoms with Crippen LogP contribution in [0.4, 0.5) is 0 Å². The van der Waals surface area contributed by atoms with Gasteiger partial charge in [-0.3, -0.25) is 9.59 Å². The molecule has 0 aliphatic heterocycles. The van der Waals surface area contributed by atoms with E-state index in [4.69, 9.17) is 5.11 Å². The minimum Gasteiger partial charge on any atom is -0.477 e. The molecule has 0 aliphatic carbocycles. The second-order valence-corrected chi connectivity index (χ2v) is 6.02. The second kappa shape index (κ2) is 6.47. The maximum absolute atomic E-state index is 12.6. The second-order valence-electron chi connectivity index (χ2n) is 6.02. The zero-order valence-electron chi connectivity index (χ0n) is 13.9. The molecule has 8 nitrogen and oxygen atoms in total. The van der Waals surface area contributed by atoms with E-state index >= 15 is 0 Å². The van der Waals surface area contributed by atoms with Crippen LogP contribution >= 0.6 is 0 Å². The number of carboxylic acid groups (broad SMARTS) is 2. The van der Waals surface area contributed by atoms with Crippen molar-refractivity contribution in [2.45, 2.75) is 26.2 Å². The Kier molecular flexibility index (Phi) is 4.33. The van der Waals surface area contributed by atoms with Crippen LogP contribution in [0.15, 0.2) is 27.8 Å². The highest BCUT2D eigenvalue weighted by atomic mass is 16.4. The van der Waals surface area contributed by atoms with Crippen molar-refractivity contribution in [1.82, 2.24) is 9.97 Å². The molecule has 0 spiro atoms. The normalized spacial score (nSPS) is 11.1. The third-order valence-electron chi connectivity index (χ3n) is 4.25. The van der Waals surface area contributed by atoms with Crippen molar-refractivity contribution in [1.29, 1.82) is 0 Å². The summed E-state index contributed by atoms with van der Waals surface area (Å²) in [6, 6.07) is 3.48. The van der Waals surface area contributed by atoms with E-state index in [2.05, 4.69) is 9.97 Å². The predicted octanol–water partition coefficient (Wildman–Crippen LogP) is 2.11. The molecule has 0 saturated carbocycles. The van der Waals surface area contributed by atoms with Crippen molar-refractivity contribution >= 4 is 33.7 Å². The number of hydrogen-bond acceptors (Lipinski definition) is 4. The summed E-state index contributed by atoms with van der Waals surface area (Å²) >= 11 is 0. The van der Waals surface area contributed by atoms with E-state index in [1.54, 1.807) is 6.07 Å². The van der Waals surface area contributed by atoms with Gasteiger partial charge in [0.25, 0.3) is 0 Å². The number of unbranched alkanes of at least 4 members (excludes halogenated alkanes) is 1. The lowest BCUT2D eigenvalue weighted by atomic mass is 9.99. The number of rotatable bonds is 5. The number of hydrogen-bond donors (Lipinski definition) is 4. The number of carboxylic acids is 2. The molecule has 0 fully saturated rings. The average molecular weight is 356 g/mol. The Balaban J connectivity index is 2.53. The summed E-state index contributed by atoms with van der Waals surface area (Å²) in [5.41, 5.74) is -0.696. The zero-order chi connectivity index (χ0) is 19.0. The zero-order valence-corrected chi connectivity index (χ0v) is 13.9. The van der Waals surface area contributed by atoms with Gasteiger partial charge in [0.15, 0.2) is 10.9 Å². The molecule has 0 aliphatic rings. The summed E-state index contributed by atoms with van der Waals surface area (Å²) in [7, 11) is 0. The van der Waals surface area contributed by atoms with Gasteiger partial charge in [-0.1, -0.05) is 13.3 Å². The summed E-state index contributed by atoms with van der Waals surface area (Å²) in [6.07, 6.45) is 2.20. The Morgan fingerprint density at radius 1 is 0.923 bits per heavy atom. The van der Waals surface area contributed by atoms with Crippen LogP contribution in [-0.2, 0) is 6.42 Å². The van der Waals surface area contributed by atoms with Crippen molar-refractivity contribution in [3.8, 4) is 0 Å². The fourth-order valence-corrected chi connectivity index (χ4v) is 3.00. The van der Waals surface area contributed by atoms with Crippen LogP contribution in [0.1, 0.15) is 46.3 Å². The van der Waals surface area contributed by atoms with Crippen LogP contribution < -0.4 is 10.9 Å². The topological polar surface area (TPSA) is 140 Å². The van der Waals surface area contributed by atoms with Crippen molar-refractivity contribution in [3.05, 3.63) is 55.6 Å². The summed E-state index contributed by atoms with van der Waals surface area (Å²) in [5, 5.41) is 18.6. The van der Waals surface area contributed by atoms with Gasteiger partial charge in [-0.05, 0) is 24.5 Å². The maximum Gasteiger partial charge on any atom is 0.352 e. The number of fused-ring (bicyclic) bond motifs is 3. The number of aromatic amines is 2. The molecule has 0 saturated heterocycles. The molecule has 0 atom stereocenters. The molecule has 3 aromatic rings. The third kappa shape index (κ3) is 2.85. The molecule has 26 heavy (non-hydrogen) atoms. The van der Waals surface area contributed by atoms with Crippen molar-refractivity contribution < 1.29 is 19.8 Å². The van der Waals surface area contributed by atoms with E-state index in [1.807, 2.05) is 6.92 Å². The monoisotopic (exact) mass is 356 g/mol. The Morgan fingerprint density at radius 3 is 2.08 bits per heavy atom. The van der Waals surface area contributed by atoms with Gasteiger partial charge in [0, 0.05) is 17.5 Å². The lowest BCUT2D eigenvalue weighted by Crippen LogP contribution is -2.15. The number of nitrogens with one attached hydrogen (secondary N) is 2. The van der Waals surface area contributed by atoms with Gasteiger partial charge in [0.1, 0.15) is 11.4 Å². The minimum atomic E-state index is -1.33. The molecule has 134 valence electrons. The van der Waals surface area contributed by atoms with Gasteiger partial charge in [0.2, 0.25) is 0 Å². The van der Waals surface area contributed by atoms with Crippen LogP contribution in [0.25, 0.3) is 21.8 Å². The lowest BCUT2D eigenvalue weighted by Gasteiger charge is -2.11. The van der Waals surface area contributed by atoms with E-state index in [0.29, 0.717) is 17.5 Å². The van der Waals surface area contributed by atoms with Crippen LogP contribution in [0.5, 0.6) is 0 Å². The fraction of sp³-hybridized carbons (Fsp3) is 0.222. The highest BCUT2D eigenvalue weighted by molar-refractivity contribution is 6.07. The smallest absolute Gasteiger partial charge is 0.352 e. The van der Waals surface area contributed by atoms with Gasteiger partial charge in [-0.25, -0.2) is 9.59 Å². The largest absolute Gasteiger partial charge is 0.477 e. The molecule has 2 heterocycles. The first-order valence-electron chi connectivity index (χ1n) is 8.06. The van der Waals surface area contributed by atoms with Gasteiger partial charge < -0.3 is 20.2 Å². The van der Waals surface area contributed by atoms with Gasteiger partial charge in [-0.2, -0.15) is 0 Å². The lowest BCUT2D eigenvalue weighted by molar-refractivity contribution is 0.0680. The Bertz CT molecular complexity index is 1170. The highest BCUT2D eigenvalue weighted by Gasteiger charge is 2.17. The van der Waals surface area contributed by atoms with Crippen molar-refractivity contribution in [3.63, 3.8) is 0 Å². The molecular weight excluding hydrogens is 340 g/mol. The van der Waals surface area contributed by atoms with E-state index in [1.165, 1.54) is 0 Å². The van der Waals surface area contributed by atoms with Crippen LogP contribution in [-0.4, -0.2) is 32.1 Å². The number of pyridine rings is 2. The predicted molar refractivity (Wildman–Crippen MR) is 95.2 cm³/mol. The number of carbonyl (C=O) groups is 2. The molecule has 1 aromatic carbocycles. The van der Waals surface area contributed by atoms with E-state index in [9.17, 15) is 24.3 Å². The van der Waals surface area contributed by atoms with Gasteiger partial charge in [-0.15, -0.1) is 0 Å². The van der Waals surface area contributed by atoms with Gasteiger partial charge in [0.05, 0.1) is 16.4 Å². The molecule has 8 heteroatoms. The van der Waals surface area contributed by atoms with Crippen molar-refractivity contribution in [2.75, 3.05) is 0 Å². The van der Waals surface area contributed by atoms with E-state index in [0.717, 1.165) is 25.0 Å². The Labute approximate surface area is 146 Å². The van der Waals surface area contributed by atoms with E-state index < -0.39 is 22.8 Å². The molecule has 3 rings (SSSR count). The van der Waals surface area contributed by atoms with Crippen LogP contribution in [0.3, 0.4) is 0 Å². The Hall–Kier alpha value is -3.42. The molecule has 0 amide bonds. The first kappa shape index (κ1) is 17.4. The number of aryl methyl sites for hydroxylation is 1. The minimum absolute atomic E-state index is 0.0822. The molecular formula is C18H16N2O6. The summed E-state index contributed by atoms with van der Waals surface area (Å²) < 4.78 is 0. The number of aromatic nitrogens is 2. The summed E-state index contributed by atoms with van der Waals surface area (Å²) in [5.74, 6) is -2.61. The molecule has 0 bridgehead atoms. The first-order chi connectivity index (χ1) is 12.3. The summed E-state index contributed by atoms with van der Waals surface area (Å²) in [4.78, 5) is 52.8. The fourth-order valence-electron chi connectivity index (χ4n) is 3.00. The maximum atomic E-state index is 12.6. The molecule has 2 aromatic heterocycles. The number of aromatic carboxylic acids is 2. The number of H-pyrrole nitrogens is 2. The average Bonchev–Trinajstić information content (AvgIpc) is 2.59. The van der Waals surface area contributed by atoms with Gasteiger partial charge >= 0.3 is 11.9 Å². The molecule has 4 N–H and O–H groups in total. The van der Waals surface area contributed by atoms with Crippen LogP contribution in [0, 0.1) is 0 Å². The van der Waals surface area contributed by atoms with Crippen LogP contribution in [0.2, 0.25) is 0 Å². The standard InChI is InChI=1S/C18H16N2O6/c1-2-3-4-8-5-9-12(21)6-10(17(23)24)20-16(9)14-13(22)7-11(18(25)26)19-15(8)14/h5-7H,2-4H2,1H3,(H,19,22)(H,20,21)(H,23,24)(H,25,26). The first-order valence-corrected chi connectivity index (χ1v) is 8.06. The summed E-state index contributed by atoms with van der Waals surface area (Å²) in [6.45, 7) is 1.99. The third-order valence-corrected chi connectivity index (χ3v) is 4.25. The quantitative estimate of drug-likeness (QED) is 0.516. The van der Waals surface area contributed by atoms with E-state index in [-0.39, 0.29) is 27.7 Å². The molecule has 0 radical (unpaired) electrons. The SMILES string of the molecule is CCCCc1cc2c(=O)cc(C(=O)O)[nH]c2c2c(=O)cc(C(=O)O)[nH]c12.